The van der Waals surface area contributed by atoms with E-state index >= 15 is 0 Å². The lowest BCUT2D eigenvalue weighted by Crippen LogP contribution is -2.52. The van der Waals surface area contributed by atoms with Crippen LogP contribution >= 0.6 is 15.9 Å². The molecule has 7 heteroatoms. The van der Waals surface area contributed by atoms with Crippen LogP contribution in [0.1, 0.15) is 18.1 Å². The van der Waals surface area contributed by atoms with Gasteiger partial charge in [0.2, 0.25) is 5.91 Å². The van der Waals surface area contributed by atoms with Gasteiger partial charge in [0.1, 0.15) is 11.5 Å². The van der Waals surface area contributed by atoms with Gasteiger partial charge in [0.15, 0.2) is 0 Å². The Morgan fingerprint density at radius 3 is 2.53 bits per heavy atom. The molecule has 30 heavy (non-hydrogen) atoms. The van der Waals surface area contributed by atoms with Gasteiger partial charge in [-0.05, 0) is 24.1 Å². The molecular formula is C23H26BrN3O3. The van der Waals surface area contributed by atoms with Crippen LogP contribution < -0.4 is 10.5 Å². The quantitative estimate of drug-likeness (QED) is 0.368. The number of aromatic amines is 1. The van der Waals surface area contributed by atoms with E-state index in [0.29, 0.717) is 12.2 Å². The number of rotatable bonds is 9. The van der Waals surface area contributed by atoms with E-state index in [1.54, 1.807) is 7.11 Å². The number of carbonyl (C=O) groups excluding carboxylic acids is 2. The number of nitrogens with one attached hydrogen (secondary N) is 1. The highest BCUT2D eigenvalue weighted by Gasteiger charge is 2.32. The number of ketones is 1. The molecule has 0 saturated carbocycles. The van der Waals surface area contributed by atoms with Crippen LogP contribution in [0, 0.1) is 5.92 Å². The van der Waals surface area contributed by atoms with Crippen molar-refractivity contribution in [2.75, 3.05) is 12.4 Å². The Morgan fingerprint density at radius 1 is 1.13 bits per heavy atom. The first-order valence-electron chi connectivity index (χ1n) is 9.74. The summed E-state index contributed by atoms with van der Waals surface area (Å²) in [6, 6.07) is 15.4. The first kappa shape index (κ1) is 22.1. The van der Waals surface area contributed by atoms with Crippen molar-refractivity contribution in [2.45, 2.75) is 26.1 Å². The molecule has 2 aromatic carbocycles. The second-order valence-electron chi connectivity index (χ2n) is 7.22. The van der Waals surface area contributed by atoms with E-state index in [1.807, 2.05) is 54.7 Å². The Balaban J connectivity index is 1.91. The zero-order valence-corrected chi connectivity index (χ0v) is 18.7. The lowest BCUT2D eigenvalue weighted by atomic mass is 9.92. The summed E-state index contributed by atoms with van der Waals surface area (Å²) in [5.41, 5.74) is 9.39. The van der Waals surface area contributed by atoms with Crippen molar-refractivity contribution >= 4 is 38.5 Å². The number of hydrogen-bond donors (Lipinski definition) is 2. The van der Waals surface area contributed by atoms with Gasteiger partial charge in [-0.1, -0.05) is 52.3 Å². The van der Waals surface area contributed by atoms with Crippen LogP contribution in [-0.2, 0) is 22.6 Å². The predicted octanol–water partition coefficient (Wildman–Crippen LogP) is 3.63. The monoisotopic (exact) mass is 471 g/mol. The number of benzene rings is 2. The number of para-hydroxylation sites is 2. The van der Waals surface area contributed by atoms with Gasteiger partial charge in [-0.3, -0.25) is 9.59 Å². The molecule has 6 nitrogen and oxygen atoms in total. The average molecular weight is 472 g/mol. The van der Waals surface area contributed by atoms with Gasteiger partial charge >= 0.3 is 0 Å². The molecule has 0 aliphatic rings. The van der Waals surface area contributed by atoms with Crippen LogP contribution in [0.25, 0.3) is 10.9 Å². The van der Waals surface area contributed by atoms with Crippen molar-refractivity contribution in [3.8, 4) is 5.75 Å². The Kier molecular flexibility index (Phi) is 7.29. The van der Waals surface area contributed by atoms with Crippen molar-refractivity contribution < 1.29 is 14.3 Å². The average Bonchev–Trinajstić information content (AvgIpc) is 3.17. The largest absolute Gasteiger partial charge is 0.496 e. The highest BCUT2D eigenvalue weighted by atomic mass is 79.9. The van der Waals surface area contributed by atoms with Gasteiger partial charge in [-0.25, -0.2) is 0 Å². The fourth-order valence-electron chi connectivity index (χ4n) is 3.72. The highest BCUT2D eigenvalue weighted by Crippen LogP contribution is 2.26. The summed E-state index contributed by atoms with van der Waals surface area (Å²) in [4.78, 5) is 30.1. The number of carbonyl (C=O) groups is 2. The van der Waals surface area contributed by atoms with E-state index in [0.717, 1.165) is 22.0 Å². The van der Waals surface area contributed by atoms with E-state index in [-0.39, 0.29) is 23.6 Å². The molecule has 0 bridgehead atoms. The van der Waals surface area contributed by atoms with E-state index in [1.165, 1.54) is 11.8 Å². The molecule has 2 atom stereocenters. The van der Waals surface area contributed by atoms with Gasteiger partial charge < -0.3 is 20.4 Å². The van der Waals surface area contributed by atoms with Gasteiger partial charge in [0, 0.05) is 29.6 Å². The Labute approximate surface area is 184 Å². The smallest absolute Gasteiger partial charge is 0.221 e. The van der Waals surface area contributed by atoms with Crippen LogP contribution in [0.3, 0.4) is 0 Å². The summed E-state index contributed by atoms with van der Waals surface area (Å²) >= 11 is 3.28. The van der Waals surface area contributed by atoms with Crippen LogP contribution in [0.4, 0.5) is 0 Å². The zero-order chi connectivity index (χ0) is 21.7. The fraction of sp³-hybridized carbons (Fsp3) is 0.304. The van der Waals surface area contributed by atoms with Crippen LogP contribution in [0.15, 0.2) is 54.7 Å². The number of H-pyrrole nitrogens is 1. The van der Waals surface area contributed by atoms with E-state index in [4.69, 9.17) is 10.5 Å². The number of alkyl halides is 1. The topological polar surface area (TPSA) is 88.4 Å². The third-order valence-electron chi connectivity index (χ3n) is 5.37. The maximum atomic E-state index is 12.8. The van der Waals surface area contributed by atoms with Crippen molar-refractivity contribution in [3.05, 3.63) is 65.9 Å². The van der Waals surface area contributed by atoms with Gasteiger partial charge in [-0.2, -0.15) is 0 Å². The van der Waals surface area contributed by atoms with Gasteiger partial charge in [0.25, 0.3) is 0 Å². The Hall–Kier alpha value is -2.64. The van der Waals surface area contributed by atoms with Crippen LogP contribution in [-0.4, -0.2) is 40.2 Å². The lowest BCUT2D eigenvalue weighted by molar-refractivity contribution is -0.135. The van der Waals surface area contributed by atoms with Crippen molar-refractivity contribution in [2.24, 2.45) is 11.7 Å². The maximum Gasteiger partial charge on any atom is 0.221 e. The summed E-state index contributed by atoms with van der Waals surface area (Å²) in [5.74, 6) is -0.114. The molecule has 1 aromatic heterocycles. The SMILES string of the molecule is COc1ccccc1CN(C(C)=O)[C@@H](N)C(Cc1c[nH]c2ccccc12)C(=O)CBr. The number of amides is 1. The normalized spacial score (nSPS) is 13.1. The number of nitrogens with zero attached hydrogens (tertiary/aromatic N) is 1. The third kappa shape index (κ3) is 4.74. The number of halogens is 1. The number of aromatic nitrogens is 1. The second kappa shape index (κ2) is 9.91. The molecule has 0 fully saturated rings. The zero-order valence-electron chi connectivity index (χ0n) is 17.1. The Bertz CT molecular complexity index is 1030. The molecule has 0 saturated heterocycles. The summed E-state index contributed by atoms with van der Waals surface area (Å²) in [6.45, 7) is 1.73. The predicted molar refractivity (Wildman–Crippen MR) is 121 cm³/mol. The van der Waals surface area contributed by atoms with E-state index in [2.05, 4.69) is 20.9 Å². The molecule has 3 aromatic rings. The highest BCUT2D eigenvalue weighted by molar-refractivity contribution is 9.09. The van der Waals surface area contributed by atoms with Gasteiger partial charge in [-0.15, -0.1) is 0 Å². The number of methoxy groups -OCH3 is 1. The molecule has 0 spiro atoms. The third-order valence-corrected chi connectivity index (χ3v) is 5.92. The summed E-state index contributed by atoms with van der Waals surface area (Å²) in [5, 5.41) is 1.23. The molecule has 3 rings (SSSR count). The molecule has 0 aliphatic heterocycles. The molecule has 158 valence electrons. The van der Waals surface area contributed by atoms with Gasteiger partial charge in [0.05, 0.1) is 31.1 Å². The van der Waals surface area contributed by atoms with E-state index in [9.17, 15) is 9.59 Å². The Morgan fingerprint density at radius 2 is 1.83 bits per heavy atom. The molecule has 0 aliphatic carbocycles. The standard InChI is InChI=1S/C23H26BrN3O3/c1-15(28)27(14-16-7-3-6-10-22(16)30-2)23(25)19(21(29)12-24)11-17-13-26-20-9-5-4-8-18(17)20/h3-10,13,19,23,26H,11-12,14,25H2,1-2H3/t19?,23-/m1/s1. The molecule has 3 N–H and O–H groups in total. The van der Waals surface area contributed by atoms with Crippen molar-refractivity contribution in [3.63, 3.8) is 0 Å². The molecule has 1 amide bonds. The molecule has 0 radical (unpaired) electrons. The first-order chi connectivity index (χ1) is 14.5. The van der Waals surface area contributed by atoms with Crippen LogP contribution in [0.2, 0.25) is 0 Å². The number of Topliss-reactive ketones (excluding diaryl/α,β-unsaturated/α-hetero) is 1. The first-order valence-corrected chi connectivity index (χ1v) is 10.9. The lowest BCUT2D eigenvalue weighted by Gasteiger charge is -2.33. The molecular weight excluding hydrogens is 446 g/mol. The fourth-order valence-corrected chi connectivity index (χ4v) is 4.14. The minimum absolute atomic E-state index is 0.0425. The number of fused-ring (bicyclic) bond motifs is 1. The second-order valence-corrected chi connectivity index (χ2v) is 7.78. The number of nitrogens with two attached hydrogens (primary N) is 1. The van der Waals surface area contributed by atoms with Crippen molar-refractivity contribution in [1.82, 2.24) is 9.88 Å². The minimum atomic E-state index is -0.772. The number of hydrogen-bond acceptors (Lipinski definition) is 4. The van der Waals surface area contributed by atoms with Crippen LogP contribution in [0.5, 0.6) is 5.75 Å². The number of ether oxygens (including phenoxy) is 1. The molecule has 1 unspecified atom stereocenters. The summed E-state index contributed by atoms with van der Waals surface area (Å²) in [6.07, 6.45) is 1.57. The van der Waals surface area contributed by atoms with Crippen molar-refractivity contribution in [1.29, 1.82) is 0 Å². The minimum Gasteiger partial charge on any atom is -0.496 e. The summed E-state index contributed by atoms with van der Waals surface area (Å²) < 4.78 is 5.41. The maximum absolute atomic E-state index is 12.8. The summed E-state index contributed by atoms with van der Waals surface area (Å²) in [7, 11) is 1.59. The van der Waals surface area contributed by atoms with E-state index < -0.39 is 12.1 Å². The molecule has 1 heterocycles.